The molecule has 2 N–H and O–H groups in total. The zero-order valence-electron chi connectivity index (χ0n) is 9.97. The second-order valence-corrected chi connectivity index (χ2v) is 4.17. The van der Waals surface area contributed by atoms with Gasteiger partial charge in [-0.3, -0.25) is 0 Å². The highest BCUT2D eigenvalue weighted by Gasteiger charge is 2.43. The van der Waals surface area contributed by atoms with Crippen molar-refractivity contribution < 1.29 is 24.5 Å². The van der Waals surface area contributed by atoms with Crippen LogP contribution in [0.2, 0.25) is 0 Å². The predicted molar refractivity (Wildman–Crippen MR) is 63.0 cm³/mol. The first-order valence-corrected chi connectivity index (χ1v) is 5.77. The van der Waals surface area contributed by atoms with Crippen LogP contribution in [-0.4, -0.2) is 47.2 Å². The Labute approximate surface area is 109 Å². The summed E-state index contributed by atoms with van der Waals surface area (Å²) in [7, 11) is 0. The number of carbonyl (C=O) groups excluding carboxylic acids is 1. The Hall–Kier alpha value is -1.94. The van der Waals surface area contributed by atoms with Gasteiger partial charge in [0, 0.05) is 0 Å². The second-order valence-electron chi connectivity index (χ2n) is 4.17. The van der Waals surface area contributed by atoms with Crippen molar-refractivity contribution in [2.45, 2.75) is 24.4 Å². The monoisotopic (exact) mass is 263 g/mol. The van der Waals surface area contributed by atoms with E-state index in [4.69, 9.17) is 14.7 Å². The summed E-state index contributed by atoms with van der Waals surface area (Å²) in [6.45, 7) is -0.218. The first-order valence-electron chi connectivity index (χ1n) is 5.77. The number of carbonyl (C=O) groups is 1. The molecule has 1 aliphatic rings. The fourth-order valence-electron chi connectivity index (χ4n) is 1.81. The van der Waals surface area contributed by atoms with Gasteiger partial charge in [-0.25, -0.2) is 4.79 Å². The van der Waals surface area contributed by atoms with Crippen LogP contribution in [0, 0.1) is 11.3 Å². The molecule has 0 aromatic heterocycles. The van der Waals surface area contributed by atoms with Crippen LogP contribution in [-0.2, 0) is 9.47 Å². The van der Waals surface area contributed by atoms with Crippen molar-refractivity contribution in [2.24, 2.45) is 0 Å². The van der Waals surface area contributed by atoms with Crippen LogP contribution in [0.4, 0.5) is 0 Å². The van der Waals surface area contributed by atoms with E-state index in [1.165, 1.54) is 0 Å². The van der Waals surface area contributed by atoms with Gasteiger partial charge in [0.15, 0.2) is 6.10 Å². The van der Waals surface area contributed by atoms with Crippen molar-refractivity contribution in [3.63, 3.8) is 0 Å². The van der Waals surface area contributed by atoms with Gasteiger partial charge in [-0.1, -0.05) is 18.2 Å². The lowest BCUT2D eigenvalue weighted by molar-refractivity contribution is -0.0253. The average Bonchev–Trinajstić information content (AvgIpc) is 2.73. The molecule has 19 heavy (non-hydrogen) atoms. The topological polar surface area (TPSA) is 99.8 Å². The Balaban J connectivity index is 1.90. The van der Waals surface area contributed by atoms with Gasteiger partial charge in [0.1, 0.15) is 24.9 Å². The summed E-state index contributed by atoms with van der Waals surface area (Å²) in [5.41, 5.74) is 0.382. The molecule has 1 aliphatic heterocycles. The van der Waals surface area contributed by atoms with Crippen LogP contribution >= 0.6 is 0 Å². The van der Waals surface area contributed by atoms with Gasteiger partial charge in [0.05, 0.1) is 11.6 Å². The minimum atomic E-state index is -1.29. The molecule has 0 aliphatic carbocycles. The van der Waals surface area contributed by atoms with Gasteiger partial charge >= 0.3 is 5.97 Å². The molecule has 0 amide bonds. The lowest BCUT2D eigenvalue weighted by Crippen LogP contribution is -2.34. The Kier molecular flexibility index (Phi) is 4.12. The van der Waals surface area contributed by atoms with Crippen molar-refractivity contribution in [3.05, 3.63) is 35.9 Å². The molecule has 1 aromatic carbocycles. The predicted octanol–water partition coefficient (Wildman–Crippen LogP) is -0.144. The number of nitrogens with zero attached hydrogens (tertiary/aromatic N) is 1. The fourth-order valence-corrected chi connectivity index (χ4v) is 1.81. The standard InChI is InChI=1S/C13H13NO5/c14-6-9-11(15)12(16)10(19-9)7-18-13(17)8-4-2-1-3-5-8/h1-5,9-12,15-16H,7H2/t9-,10+,11-,12+/m0/s1. The van der Waals surface area contributed by atoms with Crippen molar-refractivity contribution in [3.8, 4) is 6.07 Å². The highest BCUT2D eigenvalue weighted by Crippen LogP contribution is 2.21. The highest BCUT2D eigenvalue weighted by atomic mass is 16.6. The smallest absolute Gasteiger partial charge is 0.338 e. The lowest BCUT2D eigenvalue weighted by Gasteiger charge is -2.14. The first kappa shape index (κ1) is 13.5. The van der Waals surface area contributed by atoms with Crippen molar-refractivity contribution in [2.75, 3.05) is 6.61 Å². The first-order chi connectivity index (χ1) is 9.13. The summed E-state index contributed by atoms with van der Waals surface area (Å²) >= 11 is 0. The van der Waals surface area contributed by atoms with Crippen LogP contribution in [0.1, 0.15) is 10.4 Å². The highest BCUT2D eigenvalue weighted by molar-refractivity contribution is 5.89. The van der Waals surface area contributed by atoms with Gasteiger partial charge in [-0.2, -0.15) is 5.26 Å². The molecule has 2 rings (SSSR count). The quantitative estimate of drug-likeness (QED) is 0.736. The third kappa shape index (κ3) is 2.90. The Morgan fingerprint density at radius 2 is 2.00 bits per heavy atom. The number of benzene rings is 1. The van der Waals surface area contributed by atoms with Crippen molar-refractivity contribution >= 4 is 5.97 Å². The number of hydrogen-bond donors (Lipinski definition) is 2. The molecule has 0 spiro atoms. The molecular weight excluding hydrogens is 250 g/mol. The molecule has 0 unspecified atom stereocenters. The summed E-state index contributed by atoms with van der Waals surface area (Å²) in [6, 6.07) is 10.1. The number of esters is 1. The van der Waals surface area contributed by atoms with E-state index in [-0.39, 0.29) is 6.61 Å². The van der Waals surface area contributed by atoms with Crippen LogP contribution in [0.3, 0.4) is 0 Å². The molecule has 0 radical (unpaired) electrons. The van der Waals surface area contributed by atoms with Crippen LogP contribution in [0.15, 0.2) is 30.3 Å². The molecule has 1 fully saturated rings. The van der Waals surface area contributed by atoms with Crippen LogP contribution in [0.5, 0.6) is 0 Å². The molecule has 1 heterocycles. The summed E-state index contributed by atoms with van der Waals surface area (Å²) in [5, 5.41) is 27.8. The van der Waals surface area contributed by atoms with Gasteiger partial charge in [0.25, 0.3) is 0 Å². The number of nitriles is 1. The molecule has 1 saturated heterocycles. The number of rotatable bonds is 3. The maximum atomic E-state index is 11.7. The van der Waals surface area contributed by atoms with Crippen molar-refractivity contribution in [1.82, 2.24) is 0 Å². The number of aliphatic hydroxyl groups excluding tert-OH is 2. The molecule has 6 nitrogen and oxygen atoms in total. The maximum absolute atomic E-state index is 11.7. The van der Waals surface area contributed by atoms with E-state index in [2.05, 4.69) is 0 Å². The minimum absolute atomic E-state index is 0.218. The van der Waals surface area contributed by atoms with E-state index in [9.17, 15) is 15.0 Å². The van der Waals surface area contributed by atoms with E-state index in [0.717, 1.165) is 0 Å². The van der Waals surface area contributed by atoms with Gasteiger partial charge in [-0.05, 0) is 12.1 Å². The third-order valence-electron chi connectivity index (χ3n) is 2.88. The molecule has 100 valence electrons. The third-order valence-corrected chi connectivity index (χ3v) is 2.88. The second kappa shape index (κ2) is 5.80. The van der Waals surface area contributed by atoms with E-state index in [1.807, 2.05) is 0 Å². The van der Waals surface area contributed by atoms with E-state index < -0.39 is 30.4 Å². The molecular formula is C13H13NO5. The fraction of sp³-hybridized carbons (Fsp3) is 0.385. The lowest BCUT2D eigenvalue weighted by atomic mass is 10.1. The largest absolute Gasteiger partial charge is 0.459 e. The van der Waals surface area contributed by atoms with Gasteiger partial charge < -0.3 is 19.7 Å². The zero-order chi connectivity index (χ0) is 13.8. The van der Waals surface area contributed by atoms with Crippen LogP contribution in [0.25, 0.3) is 0 Å². The molecule has 1 aromatic rings. The number of ether oxygens (including phenoxy) is 2. The van der Waals surface area contributed by atoms with E-state index >= 15 is 0 Å². The van der Waals surface area contributed by atoms with Gasteiger partial charge in [0.2, 0.25) is 0 Å². The van der Waals surface area contributed by atoms with E-state index in [0.29, 0.717) is 5.56 Å². The van der Waals surface area contributed by atoms with E-state index in [1.54, 1.807) is 36.4 Å². The summed E-state index contributed by atoms with van der Waals surface area (Å²) in [6.07, 6.45) is -4.53. The average molecular weight is 263 g/mol. The normalized spacial score (nSPS) is 29.7. The number of hydrogen-bond acceptors (Lipinski definition) is 6. The van der Waals surface area contributed by atoms with Crippen LogP contribution < -0.4 is 0 Å². The molecule has 6 heteroatoms. The minimum Gasteiger partial charge on any atom is -0.459 e. The Bertz CT molecular complexity index is 484. The molecule has 4 atom stereocenters. The summed E-state index contributed by atoms with van der Waals surface area (Å²) < 4.78 is 10.1. The summed E-state index contributed by atoms with van der Waals surface area (Å²) in [4.78, 5) is 11.7. The zero-order valence-corrected chi connectivity index (χ0v) is 9.97. The van der Waals surface area contributed by atoms with Crippen molar-refractivity contribution in [1.29, 1.82) is 5.26 Å². The summed E-state index contributed by atoms with van der Waals surface area (Å²) in [5.74, 6) is -0.550. The Morgan fingerprint density at radius 1 is 1.32 bits per heavy atom. The number of aliphatic hydroxyl groups is 2. The Morgan fingerprint density at radius 3 is 2.58 bits per heavy atom. The van der Waals surface area contributed by atoms with Gasteiger partial charge in [-0.15, -0.1) is 0 Å². The molecule has 0 saturated carbocycles. The molecule has 0 bridgehead atoms. The maximum Gasteiger partial charge on any atom is 0.338 e. The SMILES string of the molecule is N#C[C@@H]1O[C@H](COC(=O)c2ccccc2)[C@@H](O)[C@H]1O.